The van der Waals surface area contributed by atoms with Crippen LogP contribution in [0.25, 0.3) is 16.7 Å². The van der Waals surface area contributed by atoms with E-state index in [-0.39, 0.29) is 17.4 Å². The standard InChI is InChI=1S/C23H23N3O4/c1-25-15-9-10-16(25)13-17(12-15)30-23(29)19-20(27)18-8-5-11-24-21(18)26(22(19)28)14-6-3-2-4-7-14/h2-8,11,15-17,27H,9-10,12-13H2,1H3/t15-,16+,17?. The molecule has 7 nitrogen and oxygen atoms in total. The number of carbonyl (C=O) groups is 1. The van der Waals surface area contributed by atoms with Crippen LogP contribution in [0.4, 0.5) is 0 Å². The quantitative estimate of drug-likeness (QED) is 0.675. The molecule has 1 unspecified atom stereocenters. The van der Waals surface area contributed by atoms with Gasteiger partial charge in [0, 0.05) is 31.1 Å². The van der Waals surface area contributed by atoms with Crippen LogP contribution in [0.3, 0.4) is 0 Å². The molecule has 1 N–H and O–H groups in total. The molecule has 1 aromatic carbocycles. The highest BCUT2D eigenvalue weighted by atomic mass is 16.5. The molecule has 2 bridgehead atoms. The van der Waals surface area contributed by atoms with Crippen LogP contribution in [0.1, 0.15) is 36.0 Å². The van der Waals surface area contributed by atoms with Gasteiger partial charge in [-0.15, -0.1) is 0 Å². The Labute approximate surface area is 173 Å². The zero-order chi connectivity index (χ0) is 20.8. The van der Waals surface area contributed by atoms with Gasteiger partial charge in [0.05, 0.1) is 11.1 Å². The van der Waals surface area contributed by atoms with Crippen LogP contribution in [0, 0.1) is 0 Å². The monoisotopic (exact) mass is 405 g/mol. The highest BCUT2D eigenvalue weighted by molar-refractivity contribution is 5.99. The molecule has 154 valence electrons. The fourth-order valence-corrected chi connectivity index (χ4v) is 4.87. The number of nitrogens with zero attached hydrogens (tertiary/aromatic N) is 3. The summed E-state index contributed by atoms with van der Waals surface area (Å²) in [6.45, 7) is 0. The number of fused-ring (bicyclic) bond motifs is 3. The summed E-state index contributed by atoms with van der Waals surface area (Å²) in [4.78, 5) is 33.0. The number of benzene rings is 1. The van der Waals surface area contributed by atoms with E-state index in [1.54, 1.807) is 42.6 Å². The van der Waals surface area contributed by atoms with Crippen molar-refractivity contribution in [3.05, 3.63) is 64.6 Å². The van der Waals surface area contributed by atoms with E-state index in [1.165, 1.54) is 4.57 Å². The Morgan fingerprint density at radius 3 is 2.50 bits per heavy atom. The summed E-state index contributed by atoms with van der Waals surface area (Å²) in [6.07, 6.45) is 5.00. The molecule has 0 amide bonds. The van der Waals surface area contributed by atoms with E-state index in [0.717, 1.165) is 25.7 Å². The fraction of sp³-hybridized carbons (Fsp3) is 0.348. The van der Waals surface area contributed by atoms with E-state index < -0.39 is 11.5 Å². The first-order valence-corrected chi connectivity index (χ1v) is 10.3. The van der Waals surface area contributed by atoms with E-state index in [2.05, 4.69) is 16.9 Å². The maximum absolute atomic E-state index is 13.3. The molecule has 4 heterocycles. The number of pyridine rings is 2. The number of hydrogen-bond acceptors (Lipinski definition) is 6. The van der Waals surface area contributed by atoms with Crippen LogP contribution in [-0.2, 0) is 4.74 Å². The van der Waals surface area contributed by atoms with Crippen LogP contribution in [0.15, 0.2) is 53.5 Å². The van der Waals surface area contributed by atoms with E-state index >= 15 is 0 Å². The third-order valence-corrected chi connectivity index (χ3v) is 6.45. The van der Waals surface area contributed by atoms with Crippen molar-refractivity contribution < 1.29 is 14.6 Å². The lowest BCUT2D eigenvalue weighted by Crippen LogP contribution is -2.43. The Morgan fingerprint density at radius 2 is 1.80 bits per heavy atom. The minimum atomic E-state index is -0.776. The second kappa shape index (κ2) is 7.25. The molecule has 5 rings (SSSR count). The van der Waals surface area contributed by atoms with Crippen LogP contribution >= 0.6 is 0 Å². The molecule has 2 aromatic heterocycles. The summed E-state index contributed by atoms with van der Waals surface area (Å²) in [5, 5.41) is 11.1. The van der Waals surface area contributed by atoms with Crippen LogP contribution < -0.4 is 5.56 Å². The number of hydrogen-bond donors (Lipinski definition) is 1. The molecule has 7 heteroatoms. The van der Waals surface area contributed by atoms with Gasteiger partial charge in [-0.05, 0) is 44.2 Å². The first-order chi connectivity index (χ1) is 14.5. The number of piperidine rings is 1. The highest BCUT2D eigenvalue weighted by Crippen LogP contribution is 2.36. The van der Waals surface area contributed by atoms with Crippen molar-refractivity contribution in [1.29, 1.82) is 0 Å². The normalized spacial score (nSPS) is 23.6. The number of ether oxygens (including phenoxy) is 1. The van der Waals surface area contributed by atoms with Gasteiger partial charge in [0.25, 0.3) is 5.56 Å². The molecule has 2 saturated heterocycles. The van der Waals surface area contributed by atoms with Gasteiger partial charge in [-0.1, -0.05) is 18.2 Å². The van der Waals surface area contributed by atoms with Crippen molar-refractivity contribution in [1.82, 2.24) is 14.5 Å². The Bertz CT molecular complexity index is 1160. The number of esters is 1. The average molecular weight is 405 g/mol. The summed E-state index contributed by atoms with van der Waals surface area (Å²) in [5.74, 6) is -1.15. The van der Waals surface area contributed by atoms with E-state index in [4.69, 9.17) is 4.74 Å². The van der Waals surface area contributed by atoms with Crippen molar-refractivity contribution in [3.63, 3.8) is 0 Å². The van der Waals surface area contributed by atoms with Crippen LogP contribution in [0.5, 0.6) is 5.75 Å². The SMILES string of the molecule is CN1[C@@H]2CC[C@H]1CC(OC(=O)c1c(O)c3cccnc3n(-c3ccccc3)c1=O)C2. The minimum absolute atomic E-state index is 0.250. The summed E-state index contributed by atoms with van der Waals surface area (Å²) >= 11 is 0. The first kappa shape index (κ1) is 18.8. The van der Waals surface area contributed by atoms with Crippen molar-refractivity contribution in [2.75, 3.05) is 7.05 Å². The highest BCUT2D eigenvalue weighted by Gasteiger charge is 2.40. The lowest BCUT2D eigenvalue weighted by molar-refractivity contribution is -0.000833. The number of rotatable bonds is 3. The lowest BCUT2D eigenvalue weighted by Gasteiger charge is -2.35. The number of aromatic hydroxyl groups is 1. The van der Waals surface area contributed by atoms with Crippen molar-refractivity contribution in [2.45, 2.75) is 43.9 Å². The lowest BCUT2D eigenvalue weighted by atomic mass is 10.0. The molecular weight excluding hydrogens is 382 g/mol. The predicted molar refractivity (Wildman–Crippen MR) is 112 cm³/mol. The predicted octanol–water partition coefficient (Wildman–Crippen LogP) is 2.87. The van der Waals surface area contributed by atoms with E-state index in [1.807, 2.05) is 6.07 Å². The average Bonchev–Trinajstić information content (AvgIpc) is 2.95. The second-order valence-electron chi connectivity index (χ2n) is 8.12. The second-order valence-corrected chi connectivity index (χ2v) is 8.12. The zero-order valence-electron chi connectivity index (χ0n) is 16.7. The van der Waals surface area contributed by atoms with Gasteiger partial charge in [-0.2, -0.15) is 0 Å². The van der Waals surface area contributed by atoms with Crippen molar-refractivity contribution in [3.8, 4) is 11.4 Å². The Morgan fingerprint density at radius 1 is 1.10 bits per heavy atom. The summed E-state index contributed by atoms with van der Waals surface area (Å²) in [5.41, 5.74) is -0.117. The smallest absolute Gasteiger partial charge is 0.347 e. The van der Waals surface area contributed by atoms with Gasteiger partial charge in [-0.3, -0.25) is 9.36 Å². The number of para-hydroxylation sites is 1. The van der Waals surface area contributed by atoms with Gasteiger partial charge in [0.2, 0.25) is 0 Å². The fourth-order valence-electron chi connectivity index (χ4n) is 4.87. The Hall–Kier alpha value is -3.19. The molecule has 3 atom stereocenters. The molecule has 0 spiro atoms. The van der Waals surface area contributed by atoms with Gasteiger partial charge < -0.3 is 14.7 Å². The number of carbonyl (C=O) groups excluding carboxylic acids is 1. The zero-order valence-corrected chi connectivity index (χ0v) is 16.7. The van der Waals surface area contributed by atoms with Crippen LogP contribution in [0.2, 0.25) is 0 Å². The minimum Gasteiger partial charge on any atom is -0.506 e. The van der Waals surface area contributed by atoms with Gasteiger partial charge >= 0.3 is 5.97 Å². The third-order valence-electron chi connectivity index (χ3n) is 6.45. The summed E-state index contributed by atoms with van der Waals surface area (Å²) in [7, 11) is 2.11. The maximum atomic E-state index is 13.3. The van der Waals surface area contributed by atoms with E-state index in [9.17, 15) is 14.7 Å². The molecule has 0 saturated carbocycles. The first-order valence-electron chi connectivity index (χ1n) is 10.3. The van der Waals surface area contributed by atoms with Gasteiger partial charge in [0.1, 0.15) is 11.9 Å². The van der Waals surface area contributed by atoms with E-state index in [0.29, 0.717) is 28.8 Å². The molecule has 30 heavy (non-hydrogen) atoms. The largest absolute Gasteiger partial charge is 0.506 e. The van der Waals surface area contributed by atoms with Gasteiger partial charge in [0.15, 0.2) is 11.2 Å². The summed E-state index contributed by atoms with van der Waals surface area (Å²) < 4.78 is 7.10. The van der Waals surface area contributed by atoms with Crippen LogP contribution in [-0.4, -0.2) is 50.8 Å². The van der Waals surface area contributed by atoms with Crippen molar-refractivity contribution >= 4 is 17.0 Å². The molecule has 2 aliphatic heterocycles. The molecule has 0 aliphatic carbocycles. The maximum Gasteiger partial charge on any atom is 0.347 e. The Balaban J connectivity index is 1.58. The van der Waals surface area contributed by atoms with Gasteiger partial charge in [-0.25, -0.2) is 9.78 Å². The van der Waals surface area contributed by atoms with Crippen molar-refractivity contribution in [2.24, 2.45) is 0 Å². The molecule has 0 radical (unpaired) electrons. The molecule has 3 aromatic rings. The summed E-state index contributed by atoms with van der Waals surface area (Å²) in [6, 6.07) is 13.1. The third kappa shape index (κ3) is 2.97. The molecule has 2 aliphatic rings. The molecular formula is C23H23N3O4. The topological polar surface area (TPSA) is 84.7 Å². The molecule has 2 fully saturated rings. The Kier molecular flexibility index (Phi) is 4.55. The number of aromatic nitrogens is 2.